The van der Waals surface area contributed by atoms with Gasteiger partial charge in [-0.15, -0.1) is 0 Å². The van der Waals surface area contributed by atoms with Crippen LogP contribution in [-0.4, -0.2) is 50.3 Å². The number of ether oxygens (including phenoxy) is 1. The predicted molar refractivity (Wildman–Crippen MR) is 77.9 cm³/mol. The number of nitrogens with zero attached hydrogens (tertiary/aromatic N) is 1. The lowest BCUT2D eigenvalue weighted by molar-refractivity contribution is 0.0954. The van der Waals surface area contributed by atoms with Crippen LogP contribution in [0.3, 0.4) is 0 Å². The topological polar surface area (TPSA) is 24.5 Å². The van der Waals surface area contributed by atoms with Gasteiger partial charge in [0.2, 0.25) is 0 Å². The van der Waals surface area contributed by atoms with Crippen molar-refractivity contribution in [3.8, 4) is 0 Å². The van der Waals surface area contributed by atoms with Crippen molar-refractivity contribution in [1.29, 1.82) is 0 Å². The minimum Gasteiger partial charge on any atom is -0.383 e. The van der Waals surface area contributed by atoms with Crippen LogP contribution >= 0.6 is 0 Å². The summed E-state index contributed by atoms with van der Waals surface area (Å²) in [4.78, 5) is 2.61. The first-order chi connectivity index (χ1) is 8.34. The van der Waals surface area contributed by atoms with Gasteiger partial charge >= 0.3 is 0 Å². The van der Waals surface area contributed by atoms with Crippen LogP contribution in [0.2, 0.25) is 0 Å². The Morgan fingerprint density at radius 1 is 1.33 bits per heavy atom. The molecule has 1 heterocycles. The van der Waals surface area contributed by atoms with Crippen LogP contribution in [-0.2, 0) is 4.74 Å². The maximum absolute atomic E-state index is 5.39. The van der Waals surface area contributed by atoms with Crippen LogP contribution in [0.1, 0.15) is 41.0 Å². The summed E-state index contributed by atoms with van der Waals surface area (Å²) in [6.07, 6.45) is 1.32. The third-order valence-corrected chi connectivity index (χ3v) is 4.08. The largest absolute Gasteiger partial charge is 0.383 e. The molecule has 108 valence electrons. The molecule has 0 bridgehead atoms. The Kier molecular flexibility index (Phi) is 6.09. The second-order valence-corrected chi connectivity index (χ2v) is 7.02. The van der Waals surface area contributed by atoms with E-state index in [4.69, 9.17) is 4.74 Å². The molecular weight excluding hydrogens is 224 g/mol. The highest BCUT2D eigenvalue weighted by Crippen LogP contribution is 2.34. The van der Waals surface area contributed by atoms with Crippen LogP contribution in [0.5, 0.6) is 0 Å². The molecule has 0 saturated carbocycles. The van der Waals surface area contributed by atoms with Crippen molar-refractivity contribution in [3.63, 3.8) is 0 Å². The number of likely N-dealkylation sites (tertiary alicyclic amines) is 1. The van der Waals surface area contributed by atoms with Gasteiger partial charge in [-0.3, -0.25) is 4.90 Å². The summed E-state index contributed by atoms with van der Waals surface area (Å²) in [7, 11) is 1.81. The van der Waals surface area contributed by atoms with Crippen LogP contribution in [0.4, 0.5) is 0 Å². The highest BCUT2D eigenvalue weighted by atomic mass is 16.5. The summed E-state index contributed by atoms with van der Waals surface area (Å²) in [5.41, 5.74) is 0.428. The molecule has 1 saturated heterocycles. The normalized spacial score (nSPS) is 23.8. The number of methoxy groups -OCH3 is 1. The first-order valence-electron chi connectivity index (χ1n) is 7.31. The molecule has 3 nitrogen and oxygen atoms in total. The van der Waals surface area contributed by atoms with E-state index in [0.29, 0.717) is 17.5 Å². The van der Waals surface area contributed by atoms with E-state index < -0.39 is 0 Å². The first-order valence-corrected chi connectivity index (χ1v) is 7.31. The number of hydrogen-bond donors (Lipinski definition) is 1. The minimum atomic E-state index is 0.428. The Hall–Kier alpha value is -0.120. The van der Waals surface area contributed by atoms with Gasteiger partial charge in [0.15, 0.2) is 0 Å². The lowest BCUT2D eigenvalue weighted by atomic mass is 9.80. The van der Waals surface area contributed by atoms with E-state index in [1.54, 1.807) is 7.11 Å². The van der Waals surface area contributed by atoms with Crippen molar-refractivity contribution in [3.05, 3.63) is 0 Å². The molecule has 0 aromatic rings. The van der Waals surface area contributed by atoms with Gasteiger partial charge in [-0.25, -0.2) is 0 Å². The number of hydrogen-bond acceptors (Lipinski definition) is 3. The van der Waals surface area contributed by atoms with Gasteiger partial charge in [-0.05, 0) is 24.3 Å². The van der Waals surface area contributed by atoms with Gasteiger partial charge < -0.3 is 10.1 Å². The first kappa shape index (κ1) is 15.9. The van der Waals surface area contributed by atoms with Crippen molar-refractivity contribution >= 4 is 0 Å². The fraction of sp³-hybridized carbons (Fsp3) is 1.00. The summed E-state index contributed by atoms with van der Waals surface area (Å²) in [5.74, 6) is 0.816. The van der Waals surface area contributed by atoms with E-state index in [-0.39, 0.29) is 0 Å². The maximum atomic E-state index is 5.39. The smallest absolute Gasteiger partial charge is 0.0630 e. The minimum absolute atomic E-state index is 0.428. The van der Waals surface area contributed by atoms with E-state index in [9.17, 15) is 0 Å². The number of nitrogens with one attached hydrogen (secondary N) is 1. The zero-order valence-electron chi connectivity index (χ0n) is 13.1. The van der Waals surface area contributed by atoms with Crippen LogP contribution < -0.4 is 5.32 Å². The van der Waals surface area contributed by atoms with E-state index in [2.05, 4.69) is 44.8 Å². The monoisotopic (exact) mass is 256 g/mol. The molecule has 2 atom stereocenters. The second kappa shape index (κ2) is 6.88. The second-order valence-electron chi connectivity index (χ2n) is 7.02. The molecule has 1 fully saturated rings. The van der Waals surface area contributed by atoms with Crippen molar-refractivity contribution in [2.24, 2.45) is 11.3 Å². The van der Waals surface area contributed by atoms with E-state index in [1.807, 2.05) is 0 Å². The summed E-state index contributed by atoms with van der Waals surface area (Å²) in [5, 5.41) is 3.54. The third kappa shape index (κ3) is 4.87. The molecule has 0 amide bonds. The molecule has 1 aliphatic rings. The molecule has 18 heavy (non-hydrogen) atoms. The summed E-state index contributed by atoms with van der Waals surface area (Å²) in [6.45, 7) is 15.8. The Bertz CT molecular complexity index is 235. The van der Waals surface area contributed by atoms with Gasteiger partial charge in [-0.2, -0.15) is 0 Å². The highest BCUT2D eigenvalue weighted by molar-refractivity contribution is 4.88. The molecule has 0 aliphatic carbocycles. The Morgan fingerprint density at radius 3 is 2.44 bits per heavy atom. The quantitative estimate of drug-likeness (QED) is 0.789. The average Bonchev–Trinajstić information content (AvgIpc) is 2.72. The Labute approximate surface area is 113 Å². The van der Waals surface area contributed by atoms with Gasteiger partial charge in [0.25, 0.3) is 0 Å². The fourth-order valence-corrected chi connectivity index (χ4v) is 2.68. The van der Waals surface area contributed by atoms with Crippen LogP contribution in [0.25, 0.3) is 0 Å². The average molecular weight is 256 g/mol. The van der Waals surface area contributed by atoms with E-state index >= 15 is 0 Å². The fourth-order valence-electron chi connectivity index (χ4n) is 2.68. The standard InChI is InChI=1S/C15H32N2O/c1-12(2)16-9-14(11-18-6)17-8-7-13(10-17)15(3,4)5/h12-14,16H,7-11H2,1-6H3. The number of rotatable bonds is 6. The van der Waals surface area contributed by atoms with Gasteiger partial charge in [0.1, 0.15) is 0 Å². The molecule has 0 spiro atoms. The molecular formula is C15H32N2O. The molecule has 3 heteroatoms. The van der Waals surface area contributed by atoms with Crippen molar-refractivity contribution < 1.29 is 4.74 Å². The zero-order valence-corrected chi connectivity index (χ0v) is 13.1. The van der Waals surface area contributed by atoms with Crippen LogP contribution in [0, 0.1) is 11.3 Å². The lowest BCUT2D eigenvalue weighted by Crippen LogP contribution is -2.46. The molecule has 1 aliphatic heterocycles. The van der Waals surface area contributed by atoms with Crippen molar-refractivity contribution in [2.75, 3.05) is 33.4 Å². The molecule has 1 N–H and O–H groups in total. The third-order valence-electron chi connectivity index (χ3n) is 4.08. The molecule has 0 aromatic heterocycles. The molecule has 0 radical (unpaired) electrons. The molecule has 0 aromatic carbocycles. The highest BCUT2D eigenvalue weighted by Gasteiger charge is 2.34. The molecule has 1 rings (SSSR count). The van der Waals surface area contributed by atoms with E-state index in [0.717, 1.165) is 19.1 Å². The maximum Gasteiger partial charge on any atom is 0.0630 e. The van der Waals surface area contributed by atoms with Crippen molar-refractivity contribution in [1.82, 2.24) is 10.2 Å². The Morgan fingerprint density at radius 2 is 2.00 bits per heavy atom. The van der Waals surface area contributed by atoms with Crippen LogP contribution in [0.15, 0.2) is 0 Å². The predicted octanol–water partition coefficient (Wildman–Crippen LogP) is 2.37. The lowest BCUT2D eigenvalue weighted by Gasteiger charge is -2.31. The van der Waals surface area contributed by atoms with E-state index in [1.165, 1.54) is 19.5 Å². The van der Waals surface area contributed by atoms with Gasteiger partial charge in [0.05, 0.1) is 6.61 Å². The van der Waals surface area contributed by atoms with Crippen molar-refractivity contribution in [2.45, 2.75) is 53.1 Å². The summed E-state index contributed by atoms with van der Waals surface area (Å²) < 4.78 is 5.39. The zero-order chi connectivity index (χ0) is 13.8. The summed E-state index contributed by atoms with van der Waals surface area (Å²) in [6, 6.07) is 1.06. The Balaban J connectivity index is 2.49. The van der Waals surface area contributed by atoms with Gasteiger partial charge in [0, 0.05) is 32.3 Å². The summed E-state index contributed by atoms with van der Waals surface area (Å²) >= 11 is 0. The van der Waals surface area contributed by atoms with Gasteiger partial charge in [-0.1, -0.05) is 34.6 Å². The SMILES string of the molecule is COCC(CNC(C)C)N1CCC(C(C)(C)C)C1. The molecule has 2 unspecified atom stereocenters.